The number of hydrogen-bond acceptors (Lipinski definition) is 5. The van der Waals surface area contributed by atoms with Crippen molar-refractivity contribution in [1.29, 1.82) is 0 Å². The average Bonchev–Trinajstić information content (AvgIpc) is 2.63. The van der Waals surface area contributed by atoms with Crippen molar-refractivity contribution in [2.45, 2.75) is 13.5 Å². The van der Waals surface area contributed by atoms with Crippen molar-refractivity contribution >= 4 is 11.9 Å². The summed E-state index contributed by atoms with van der Waals surface area (Å²) in [7, 11) is 2.75. The molecular formula is C18H21N3O5. The molecule has 26 heavy (non-hydrogen) atoms. The number of benzene rings is 1. The normalized spacial score (nSPS) is 10.4. The lowest BCUT2D eigenvalue weighted by atomic mass is 10.2. The molecule has 0 atom stereocenters. The van der Waals surface area contributed by atoms with E-state index in [1.165, 1.54) is 25.2 Å². The van der Waals surface area contributed by atoms with Gasteiger partial charge in [0.15, 0.2) is 0 Å². The molecule has 1 heterocycles. The van der Waals surface area contributed by atoms with Gasteiger partial charge in [-0.3, -0.25) is 19.0 Å². The molecule has 0 saturated carbocycles. The summed E-state index contributed by atoms with van der Waals surface area (Å²) in [6.07, 6.45) is 1.19. The monoisotopic (exact) mass is 359 g/mol. The van der Waals surface area contributed by atoms with Crippen LogP contribution >= 0.6 is 0 Å². The van der Waals surface area contributed by atoms with Crippen LogP contribution in [0.3, 0.4) is 0 Å². The van der Waals surface area contributed by atoms with Gasteiger partial charge >= 0.3 is 11.7 Å². The van der Waals surface area contributed by atoms with Gasteiger partial charge in [0.2, 0.25) is 0 Å². The third kappa shape index (κ3) is 4.27. The maximum Gasteiger partial charge on any atom is 0.330 e. The fourth-order valence-electron chi connectivity index (χ4n) is 2.49. The van der Waals surface area contributed by atoms with Crippen molar-refractivity contribution in [2.24, 2.45) is 14.1 Å². The molecule has 0 radical (unpaired) electrons. The molecule has 8 heteroatoms. The maximum atomic E-state index is 12.9. The Bertz CT molecular complexity index is 915. The maximum absolute atomic E-state index is 12.9. The van der Waals surface area contributed by atoms with E-state index in [0.29, 0.717) is 0 Å². The molecule has 0 aliphatic carbocycles. The van der Waals surface area contributed by atoms with Gasteiger partial charge in [-0.25, -0.2) is 4.79 Å². The highest BCUT2D eigenvalue weighted by Crippen LogP contribution is 2.08. The van der Waals surface area contributed by atoms with E-state index < -0.39 is 23.1 Å². The fourth-order valence-corrected chi connectivity index (χ4v) is 2.49. The molecule has 0 bridgehead atoms. The highest BCUT2D eigenvalue weighted by Gasteiger charge is 2.24. The Morgan fingerprint density at radius 1 is 1.12 bits per heavy atom. The van der Waals surface area contributed by atoms with Crippen LogP contribution in [0.1, 0.15) is 22.8 Å². The van der Waals surface area contributed by atoms with Crippen LogP contribution in [-0.4, -0.2) is 39.1 Å². The summed E-state index contributed by atoms with van der Waals surface area (Å²) < 4.78 is 6.93. The molecule has 2 aromatic rings. The van der Waals surface area contributed by atoms with Crippen molar-refractivity contribution in [3.8, 4) is 0 Å². The Morgan fingerprint density at radius 3 is 2.38 bits per heavy atom. The molecule has 0 saturated heterocycles. The van der Waals surface area contributed by atoms with Crippen LogP contribution in [0.2, 0.25) is 0 Å². The number of aromatic nitrogens is 2. The van der Waals surface area contributed by atoms with Crippen LogP contribution in [0.25, 0.3) is 0 Å². The summed E-state index contributed by atoms with van der Waals surface area (Å²) in [5, 5.41) is 0. The van der Waals surface area contributed by atoms with E-state index in [1.807, 2.05) is 30.3 Å². The SMILES string of the molecule is CCOC(=O)CN(Cc1ccccc1)C(=O)c1cn(C)c(=O)n(C)c1=O. The largest absolute Gasteiger partial charge is 0.465 e. The molecule has 1 amide bonds. The smallest absolute Gasteiger partial charge is 0.330 e. The van der Waals surface area contributed by atoms with Crippen molar-refractivity contribution in [2.75, 3.05) is 13.2 Å². The standard InChI is InChI=1S/C18H21N3O5/c1-4-26-15(22)12-21(10-13-8-6-5-7-9-13)17(24)14-11-19(2)18(25)20(3)16(14)23/h5-9,11H,4,10,12H2,1-3H3. The van der Waals surface area contributed by atoms with Crippen LogP contribution in [0, 0.1) is 0 Å². The second-order valence-corrected chi connectivity index (χ2v) is 5.75. The van der Waals surface area contributed by atoms with Gasteiger partial charge in [-0.1, -0.05) is 30.3 Å². The molecule has 0 unspecified atom stereocenters. The molecule has 0 aliphatic heterocycles. The van der Waals surface area contributed by atoms with Gasteiger partial charge in [0.05, 0.1) is 6.61 Å². The van der Waals surface area contributed by atoms with Crippen LogP contribution in [0.5, 0.6) is 0 Å². The minimum absolute atomic E-state index is 0.129. The summed E-state index contributed by atoms with van der Waals surface area (Å²) in [6, 6.07) is 9.08. The molecule has 0 N–H and O–H groups in total. The molecular weight excluding hydrogens is 338 g/mol. The second kappa shape index (κ2) is 8.28. The van der Waals surface area contributed by atoms with E-state index in [1.54, 1.807) is 6.92 Å². The van der Waals surface area contributed by atoms with E-state index in [2.05, 4.69) is 0 Å². The molecule has 0 fully saturated rings. The second-order valence-electron chi connectivity index (χ2n) is 5.75. The minimum Gasteiger partial charge on any atom is -0.465 e. The van der Waals surface area contributed by atoms with E-state index in [9.17, 15) is 19.2 Å². The zero-order valence-corrected chi connectivity index (χ0v) is 15.0. The first-order valence-corrected chi connectivity index (χ1v) is 8.10. The number of amides is 1. The van der Waals surface area contributed by atoms with Crippen LogP contribution in [-0.2, 0) is 30.2 Å². The lowest BCUT2D eigenvalue weighted by molar-refractivity contribution is -0.143. The Balaban J connectivity index is 2.41. The van der Waals surface area contributed by atoms with Crippen LogP contribution in [0.4, 0.5) is 0 Å². The van der Waals surface area contributed by atoms with E-state index in [0.717, 1.165) is 14.7 Å². The summed E-state index contributed by atoms with van der Waals surface area (Å²) in [6.45, 7) is 1.69. The predicted octanol–water partition coefficient (Wildman–Crippen LogP) is 0.290. The first-order valence-electron chi connectivity index (χ1n) is 8.10. The highest BCUT2D eigenvalue weighted by atomic mass is 16.5. The van der Waals surface area contributed by atoms with Crippen LogP contribution < -0.4 is 11.2 Å². The summed E-state index contributed by atoms with van der Waals surface area (Å²) in [5.74, 6) is -1.21. The number of carbonyl (C=O) groups excluding carboxylic acids is 2. The molecule has 1 aromatic carbocycles. The van der Waals surface area contributed by atoms with Gasteiger partial charge < -0.3 is 14.2 Å². The van der Waals surface area contributed by atoms with Gasteiger partial charge in [0, 0.05) is 26.8 Å². The predicted molar refractivity (Wildman–Crippen MR) is 94.7 cm³/mol. The Morgan fingerprint density at radius 2 is 1.77 bits per heavy atom. The first-order chi connectivity index (χ1) is 12.3. The zero-order chi connectivity index (χ0) is 19.3. The number of aryl methyl sites for hydroxylation is 1. The number of nitrogens with zero attached hydrogens (tertiary/aromatic N) is 3. The van der Waals surface area contributed by atoms with Gasteiger partial charge in [0.1, 0.15) is 12.1 Å². The topological polar surface area (TPSA) is 90.6 Å². The van der Waals surface area contributed by atoms with Crippen molar-refractivity contribution in [1.82, 2.24) is 14.0 Å². The van der Waals surface area contributed by atoms with E-state index in [4.69, 9.17) is 4.74 Å². The molecule has 8 nitrogen and oxygen atoms in total. The Hall–Kier alpha value is -3.16. The van der Waals surface area contributed by atoms with Gasteiger partial charge in [-0.15, -0.1) is 0 Å². The summed E-state index contributed by atoms with van der Waals surface area (Å²) in [4.78, 5) is 50.2. The number of esters is 1. The fraction of sp³-hybridized carbons (Fsp3) is 0.333. The first kappa shape index (κ1) is 19.2. The number of ether oxygens (including phenoxy) is 1. The lowest BCUT2D eigenvalue weighted by Crippen LogP contribution is -2.44. The Kier molecular flexibility index (Phi) is 6.11. The molecule has 0 aliphatic rings. The summed E-state index contributed by atoms with van der Waals surface area (Å²) >= 11 is 0. The van der Waals surface area contributed by atoms with Crippen molar-refractivity contribution < 1.29 is 14.3 Å². The quantitative estimate of drug-likeness (QED) is 0.692. The Labute approximate surface area is 150 Å². The van der Waals surface area contributed by atoms with Crippen LogP contribution in [0.15, 0.2) is 46.1 Å². The van der Waals surface area contributed by atoms with E-state index >= 15 is 0 Å². The van der Waals surface area contributed by atoms with Gasteiger partial charge in [-0.05, 0) is 12.5 Å². The molecule has 2 rings (SSSR count). The third-order valence-electron chi connectivity index (χ3n) is 3.81. The minimum atomic E-state index is -0.708. The number of rotatable bonds is 6. The zero-order valence-electron chi connectivity index (χ0n) is 15.0. The lowest BCUT2D eigenvalue weighted by Gasteiger charge is -2.22. The summed E-state index contributed by atoms with van der Waals surface area (Å²) in [5.41, 5.74) is -0.631. The van der Waals surface area contributed by atoms with E-state index in [-0.39, 0.29) is 25.3 Å². The third-order valence-corrected chi connectivity index (χ3v) is 3.81. The van der Waals surface area contributed by atoms with Gasteiger partial charge in [-0.2, -0.15) is 0 Å². The van der Waals surface area contributed by atoms with Gasteiger partial charge in [0.25, 0.3) is 11.5 Å². The number of hydrogen-bond donors (Lipinski definition) is 0. The molecule has 1 aromatic heterocycles. The number of carbonyl (C=O) groups is 2. The molecule has 138 valence electrons. The van der Waals surface area contributed by atoms with Crippen molar-refractivity contribution in [3.63, 3.8) is 0 Å². The average molecular weight is 359 g/mol. The molecule has 0 spiro atoms. The highest BCUT2D eigenvalue weighted by molar-refractivity contribution is 5.95. The van der Waals surface area contributed by atoms with Crippen molar-refractivity contribution in [3.05, 3.63) is 68.5 Å².